The molecule has 0 atom stereocenters. The fourth-order valence-corrected chi connectivity index (χ4v) is 3.51. The van der Waals surface area contributed by atoms with E-state index in [1.165, 1.54) is 6.07 Å². The van der Waals surface area contributed by atoms with Crippen LogP contribution in [0.15, 0.2) is 33.9 Å². The molecule has 0 bridgehead atoms. The van der Waals surface area contributed by atoms with Crippen LogP contribution in [0.25, 0.3) is 0 Å². The Kier molecular flexibility index (Phi) is 3.47. The molecule has 1 aromatic heterocycles. The number of nitrogens with one attached hydrogen (secondary N) is 1. The lowest BCUT2D eigenvalue weighted by Gasteiger charge is -2.09. The van der Waals surface area contributed by atoms with Crippen LogP contribution in [0.1, 0.15) is 0 Å². The number of benzene rings is 1. The van der Waals surface area contributed by atoms with Gasteiger partial charge in [-0.15, -0.1) is 11.3 Å². The molecule has 0 aliphatic rings. The smallest absolute Gasteiger partial charge is 0.271 e. The van der Waals surface area contributed by atoms with Crippen LogP contribution < -0.4 is 4.72 Å². The number of hydrogen-bond acceptors (Lipinski definition) is 4. The Labute approximate surface area is 112 Å². The largest absolute Gasteiger partial charge is 0.504 e. The molecule has 2 aromatic rings. The molecule has 2 rings (SSSR count). The van der Waals surface area contributed by atoms with Gasteiger partial charge >= 0.3 is 0 Å². The molecular formula is C10H7ClFNO3S2. The number of anilines is 1. The molecule has 0 saturated heterocycles. The lowest BCUT2D eigenvalue weighted by molar-refractivity contribution is 0.476. The lowest BCUT2D eigenvalue weighted by Crippen LogP contribution is -2.11. The summed E-state index contributed by atoms with van der Waals surface area (Å²) in [5.41, 5.74) is -0.298. The van der Waals surface area contributed by atoms with Gasteiger partial charge in [-0.1, -0.05) is 17.7 Å². The van der Waals surface area contributed by atoms with Crippen molar-refractivity contribution in [2.75, 3.05) is 4.72 Å². The van der Waals surface area contributed by atoms with Gasteiger partial charge in [-0.05, 0) is 17.5 Å². The molecule has 0 saturated carbocycles. The van der Waals surface area contributed by atoms with E-state index in [4.69, 9.17) is 11.6 Å². The van der Waals surface area contributed by atoms with E-state index in [1.54, 1.807) is 11.4 Å². The van der Waals surface area contributed by atoms with Gasteiger partial charge in [0.2, 0.25) is 0 Å². The van der Waals surface area contributed by atoms with Crippen molar-refractivity contribution in [2.45, 2.75) is 4.21 Å². The second-order valence-corrected chi connectivity index (χ2v) is 6.59. The lowest BCUT2D eigenvalue weighted by atomic mass is 10.3. The highest BCUT2D eigenvalue weighted by molar-refractivity contribution is 7.94. The molecule has 0 spiro atoms. The Hall–Kier alpha value is -1.31. The number of thiophene rings is 1. The topological polar surface area (TPSA) is 66.4 Å². The number of halogens is 2. The van der Waals surface area contributed by atoms with Crippen LogP contribution in [0.3, 0.4) is 0 Å². The average molecular weight is 308 g/mol. The predicted octanol–water partition coefficient (Wildman–Crippen LogP) is 3.05. The summed E-state index contributed by atoms with van der Waals surface area (Å²) in [4.78, 5) is 0. The predicted molar refractivity (Wildman–Crippen MR) is 68.2 cm³/mol. The molecule has 4 nitrogen and oxygen atoms in total. The summed E-state index contributed by atoms with van der Waals surface area (Å²) in [6.07, 6.45) is 0. The summed E-state index contributed by atoms with van der Waals surface area (Å²) in [5, 5.41) is 10.9. The summed E-state index contributed by atoms with van der Waals surface area (Å²) in [7, 11) is -3.84. The second kappa shape index (κ2) is 4.75. The minimum absolute atomic E-state index is 0.0577. The third-order valence-electron chi connectivity index (χ3n) is 2.03. The van der Waals surface area contributed by atoms with Gasteiger partial charge in [0.1, 0.15) is 10.0 Å². The van der Waals surface area contributed by atoms with Crippen molar-refractivity contribution in [3.8, 4) is 5.75 Å². The highest BCUT2D eigenvalue weighted by atomic mass is 35.5. The summed E-state index contributed by atoms with van der Waals surface area (Å²) >= 11 is 6.56. The number of rotatable bonds is 3. The van der Waals surface area contributed by atoms with Crippen LogP contribution >= 0.6 is 22.9 Å². The first-order valence-corrected chi connectivity index (χ1v) is 7.38. The van der Waals surface area contributed by atoms with Gasteiger partial charge in [0, 0.05) is 6.07 Å². The van der Waals surface area contributed by atoms with Crippen molar-refractivity contribution < 1.29 is 17.9 Å². The normalized spacial score (nSPS) is 11.4. The number of hydrogen-bond donors (Lipinski definition) is 2. The quantitative estimate of drug-likeness (QED) is 0.857. The van der Waals surface area contributed by atoms with Crippen LogP contribution in [0.4, 0.5) is 10.1 Å². The van der Waals surface area contributed by atoms with Crippen molar-refractivity contribution in [2.24, 2.45) is 0 Å². The maximum absolute atomic E-state index is 13.1. The monoisotopic (exact) mass is 307 g/mol. The SMILES string of the molecule is O=S(=O)(Nc1cc(F)cc(Cl)c1O)c1cccs1. The van der Waals surface area contributed by atoms with E-state index in [0.29, 0.717) is 0 Å². The van der Waals surface area contributed by atoms with E-state index in [-0.39, 0.29) is 14.9 Å². The van der Waals surface area contributed by atoms with Gasteiger partial charge in [0.15, 0.2) is 5.75 Å². The van der Waals surface area contributed by atoms with Gasteiger partial charge in [-0.25, -0.2) is 12.8 Å². The summed E-state index contributed by atoms with van der Waals surface area (Å²) in [6.45, 7) is 0. The standard InChI is InChI=1S/C10H7ClFNO3S2/c11-7-4-6(12)5-8(10(7)14)13-18(15,16)9-2-1-3-17-9/h1-5,13-14H. The molecule has 1 aromatic carbocycles. The highest BCUT2D eigenvalue weighted by Gasteiger charge is 2.18. The van der Waals surface area contributed by atoms with E-state index >= 15 is 0 Å². The fourth-order valence-electron chi connectivity index (χ4n) is 1.26. The van der Waals surface area contributed by atoms with Crippen molar-refractivity contribution in [3.63, 3.8) is 0 Å². The van der Waals surface area contributed by atoms with E-state index in [2.05, 4.69) is 4.72 Å². The number of phenolic OH excluding ortho intramolecular Hbond substituents is 1. The molecule has 8 heteroatoms. The van der Waals surface area contributed by atoms with E-state index in [9.17, 15) is 17.9 Å². The zero-order valence-electron chi connectivity index (χ0n) is 8.72. The Bertz CT molecular complexity index is 671. The molecule has 0 amide bonds. The molecule has 96 valence electrons. The zero-order valence-corrected chi connectivity index (χ0v) is 11.1. The number of aromatic hydroxyl groups is 1. The van der Waals surface area contributed by atoms with Crippen molar-refractivity contribution in [1.29, 1.82) is 0 Å². The van der Waals surface area contributed by atoms with Gasteiger partial charge in [-0.2, -0.15) is 0 Å². The maximum atomic E-state index is 13.1. The first-order chi connectivity index (χ1) is 8.40. The van der Waals surface area contributed by atoms with Gasteiger partial charge < -0.3 is 5.11 Å². The summed E-state index contributed by atoms with van der Waals surface area (Å²) < 4.78 is 39.0. The van der Waals surface area contributed by atoms with Gasteiger partial charge in [0.25, 0.3) is 10.0 Å². The van der Waals surface area contributed by atoms with Crippen LogP contribution in [0.5, 0.6) is 5.75 Å². The second-order valence-electron chi connectivity index (χ2n) is 3.32. The van der Waals surface area contributed by atoms with Crippen LogP contribution in [-0.2, 0) is 10.0 Å². The molecular weight excluding hydrogens is 301 g/mol. The van der Waals surface area contributed by atoms with Crippen LogP contribution in [-0.4, -0.2) is 13.5 Å². The first-order valence-electron chi connectivity index (χ1n) is 4.64. The molecule has 0 aliphatic heterocycles. The number of sulfonamides is 1. The third-order valence-corrected chi connectivity index (χ3v) is 5.08. The highest BCUT2D eigenvalue weighted by Crippen LogP contribution is 2.34. The molecule has 18 heavy (non-hydrogen) atoms. The Morgan fingerprint density at radius 2 is 2.11 bits per heavy atom. The Balaban J connectivity index is 2.41. The van der Waals surface area contributed by atoms with Crippen LogP contribution in [0.2, 0.25) is 5.02 Å². The van der Waals surface area contributed by atoms with Gasteiger partial charge in [-0.3, -0.25) is 4.72 Å². The zero-order chi connectivity index (χ0) is 13.3. The van der Waals surface area contributed by atoms with Crippen LogP contribution in [0, 0.1) is 5.82 Å². The molecule has 0 unspecified atom stereocenters. The molecule has 1 heterocycles. The minimum atomic E-state index is -3.84. The average Bonchev–Trinajstić information content (AvgIpc) is 2.78. The minimum Gasteiger partial charge on any atom is -0.504 e. The van der Waals surface area contributed by atoms with Crippen molar-refractivity contribution >= 4 is 38.6 Å². The fraction of sp³-hybridized carbons (Fsp3) is 0. The third kappa shape index (κ3) is 2.58. The molecule has 2 N–H and O–H groups in total. The Morgan fingerprint density at radius 1 is 1.39 bits per heavy atom. The first kappa shape index (κ1) is 13.1. The van der Waals surface area contributed by atoms with E-state index in [0.717, 1.165) is 23.5 Å². The maximum Gasteiger partial charge on any atom is 0.271 e. The van der Waals surface area contributed by atoms with Gasteiger partial charge in [0.05, 0.1) is 10.7 Å². The van der Waals surface area contributed by atoms with Crippen molar-refractivity contribution in [1.82, 2.24) is 0 Å². The van der Waals surface area contributed by atoms with E-state index in [1.807, 2.05) is 0 Å². The summed E-state index contributed by atoms with van der Waals surface area (Å²) in [6, 6.07) is 4.70. The Morgan fingerprint density at radius 3 is 2.72 bits per heavy atom. The molecule has 0 fully saturated rings. The molecule has 0 aliphatic carbocycles. The number of phenols is 1. The summed E-state index contributed by atoms with van der Waals surface area (Å²) in [5.74, 6) is -1.26. The van der Waals surface area contributed by atoms with E-state index < -0.39 is 21.6 Å². The molecule has 0 radical (unpaired) electrons. The van der Waals surface area contributed by atoms with Crippen molar-refractivity contribution in [3.05, 3.63) is 40.5 Å².